The summed E-state index contributed by atoms with van der Waals surface area (Å²) in [5, 5.41) is 19.8. The van der Waals surface area contributed by atoms with Crippen LogP contribution in [0.5, 0.6) is 23.0 Å². The standard InChI is InChI=1S/C21H18O5/c1-21(2)6-5-13-7-12(3-4-17(13)26-21)18-8-14(11-22)20-16(24)9-15(23)10-19(20)25-18/h3-11,14,23-24H,1-2H3. The summed E-state index contributed by atoms with van der Waals surface area (Å²) >= 11 is 0. The van der Waals surface area contributed by atoms with Crippen LogP contribution in [-0.2, 0) is 4.79 Å². The van der Waals surface area contributed by atoms with Crippen LogP contribution in [0.1, 0.15) is 36.5 Å². The number of carbonyl (C=O) groups excluding carboxylic acids is 1. The van der Waals surface area contributed by atoms with Crippen LogP contribution >= 0.6 is 0 Å². The first-order valence-electron chi connectivity index (χ1n) is 8.30. The molecule has 0 radical (unpaired) electrons. The molecule has 4 rings (SSSR count). The Labute approximate surface area is 150 Å². The zero-order chi connectivity index (χ0) is 18.5. The maximum absolute atomic E-state index is 11.5. The summed E-state index contributed by atoms with van der Waals surface area (Å²) in [6.45, 7) is 3.97. The topological polar surface area (TPSA) is 76.0 Å². The Bertz CT molecular complexity index is 969. The highest BCUT2D eigenvalue weighted by atomic mass is 16.5. The number of phenols is 2. The number of carbonyl (C=O) groups is 1. The van der Waals surface area contributed by atoms with E-state index in [0.29, 0.717) is 11.3 Å². The second kappa shape index (κ2) is 5.66. The number of ether oxygens (including phenoxy) is 2. The summed E-state index contributed by atoms with van der Waals surface area (Å²) in [4.78, 5) is 11.5. The molecule has 0 spiro atoms. The van der Waals surface area contributed by atoms with Gasteiger partial charge in [0.25, 0.3) is 0 Å². The van der Waals surface area contributed by atoms with Crippen LogP contribution in [0.3, 0.4) is 0 Å². The van der Waals surface area contributed by atoms with E-state index in [9.17, 15) is 15.0 Å². The molecule has 0 saturated heterocycles. The molecule has 132 valence electrons. The number of fused-ring (bicyclic) bond motifs is 2. The molecule has 0 fully saturated rings. The third kappa shape index (κ3) is 2.71. The van der Waals surface area contributed by atoms with E-state index in [2.05, 4.69) is 0 Å². The van der Waals surface area contributed by atoms with E-state index in [1.54, 1.807) is 6.08 Å². The van der Waals surface area contributed by atoms with Crippen LogP contribution in [0.2, 0.25) is 0 Å². The zero-order valence-electron chi connectivity index (χ0n) is 14.4. The highest BCUT2D eigenvalue weighted by Crippen LogP contribution is 2.44. The molecule has 0 aliphatic carbocycles. The molecular formula is C21H18O5. The summed E-state index contributed by atoms with van der Waals surface area (Å²) < 4.78 is 11.8. The molecule has 2 heterocycles. The maximum Gasteiger partial charge on any atom is 0.139 e. The van der Waals surface area contributed by atoms with Gasteiger partial charge in [0.15, 0.2) is 0 Å². The lowest BCUT2D eigenvalue weighted by atomic mass is 9.93. The lowest BCUT2D eigenvalue weighted by molar-refractivity contribution is -0.108. The van der Waals surface area contributed by atoms with Crippen molar-refractivity contribution in [1.29, 1.82) is 0 Å². The molecule has 0 aromatic heterocycles. The fourth-order valence-electron chi connectivity index (χ4n) is 3.21. The normalized spacial score (nSPS) is 19.5. The molecule has 2 N–H and O–H groups in total. The zero-order valence-corrected chi connectivity index (χ0v) is 14.4. The van der Waals surface area contributed by atoms with Gasteiger partial charge in [-0.15, -0.1) is 0 Å². The maximum atomic E-state index is 11.5. The summed E-state index contributed by atoms with van der Waals surface area (Å²) in [5.74, 6) is 0.576. The number of hydrogen-bond donors (Lipinski definition) is 2. The van der Waals surface area contributed by atoms with E-state index in [0.717, 1.165) is 23.2 Å². The van der Waals surface area contributed by atoms with Crippen molar-refractivity contribution in [2.45, 2.75) is 25.4 Å². The second-order valence-corrected chi connectivity index (χ2v) is 6.96. The highest BCUT2D eigenvalue weighted by molar-refractivity contribution is 5.80. The van der Waals surface area contributed by atoms with Crippen molar-refractivity contribution in [1.82, 2.24) is 0 Å². The Morgan fingerprint density at radius 3 is 2.69 bits per heavy atom. The molecule has 0 saturated carbocycles. The van der Waals surface area contributed by atoms with Crippen LogP contribution in [0.4, 0.5) is 0 Å². The number of rotatable bonds is 2. The van der Waals surface area contributed by atoms with E-state index in [1.165, 1.54) is 12.1 Å². The number of phenolic OH excluding ortho intramolecular Hbond substituents is 2. The first-order chi connectivity index (χ1) is 12.4. The number of aldehydes is 1. The van der Waals surface area contributed by atoms with Crippen molar-refractivity contribution in [2.24, 2.45) is 0 Å². The Kier molecular flexibility index (Phi) is 3.54. The van der Waals surface area contributed by atoms with Gasteiger partial charge < -0.3 is 24.5 Å². The SMILES string of the molecule is CC1(C)C=Cc2cc(C3=CC(C=O)c4c(O)cc(O)cc4O3)ccc2O1. The average molecular weight is 350 g/mol. The molecule has 0 bridgehead atoms. The minimum Gasteiger partial charge on any atom is -0.508 e. The number of aromatic hydroxyl groups is 2. The fourth-order valence-corrected chi connectivity index (χ4v) is 3.21. The molecular weight excluding hydrogens is 332 g/mol. The van der Waals surface area contributed by atoms with E-state index < -0.39 is 5.92 Å². The van der Waals surface area contributed by atoms with Crippen LogP contribution in [0.25, 0.3) is 11.8 Å². The van der Waals surface area contributed by atoms with Gasteiger partial charge in [0.1, 0.15) is 40.6 Å². The molecule has 2 aromatic rings. The second-order valence-electron chi connectivity index (χ2n) is 6.96. The van der Waals surface area contributed by atoms with Gasteiger partial charge in [-0.1, -0.05) is 6.08 Å². The van der Waals surface area contributed by atoms with Gasteiger partial charge in [0.05, 0.1) is 11.5 Å². The minimum atomic E-state index is -0.656. The van der Waals surface area contributed by atoms with Crippen LogP contribution in [0, 0.1) is 0 Å². The van der Waals surface area contributed by atoms with E-state index in [1.807, 2.05) is 44.2 Å². The Balaban J connectivity index is 1.75. The van der Waals surface area contributed by atoms with Gasteiger partial charge in [-0.25, -0.2) is 0 Å². The van der Waals surface area contributed by atoms with Crippen molar-refractivity contribution in [3.63, 3.8) is 0 Å². The lowest BCUT2D eigenvalue weighted by Gasteiger charge is -2.28. The summed E-state index contributed by atoms with van der Waals surface area (Å²) in [6.07, 6.45) is 6.37. The third-order valence-electron chi connectivity index (χ3n) is 4.47. The first kappa shape index (κ1) is 16.3. The Hall–Kier alpha value is -3.21. The van der Waals surface area contributed by atoms with Crippen molar-refractivity contribution >= 4 is 18.1 Å². The van der Waals surface area contributed by atoms with Crippen LogP contribution < -0.4 is 9.47 Å². The monoisotopic (exact) mass is 350 g/mol. The van der Waals surface area contributed by atoms with E-state index in [-0.39, 0.29) is 22.8 Å². The molecule has 0 amide bonds. The Morgan fingerprint density at radius 1 is 1.12 bits per heavy atom. The molecule has 2 aliphatic heterocycles. The number of hydrogen-bond acceptors (Lipinski definition) is 5. The van der Waals surface area contributed by atoms with Crippen LogP contribution in [0.15, 0.2) is 42.5 Å². The third-order valence-corrected chi connectivity index (χ3v) is 4.47. The van der Waals surface area contributed by atoms with Crippen molar-refractivity contribution in [3.05, 3.63) is 59.2 Å². The first-order valence-corrected chi connectivity index (χ1v) is 8.30. The molecule has 2 aliphatic rings. The summed E-state index contributed by atoms with van der Waals surface area (Å²) in [6, 6.07) is 8.23. The predicted octanol–water partition coefficient (Wildman–Crippen LogP) is 4.00. The molecule has 26 heavy (non-hydrogen) atoms. The van der Waals surface area contributed by atoms with Gasteiger partial charge in [-0.05, 0) is 44.2 Å². The molecule has 2 aromatic carbocycles. The van der Waals surface area contributed by atoms with Gasteiger partial charge >= 0.3 is 0 Å². The summed E-state index contributed by atoms with van der Waals surface area (Å²) in [7, 11) is 0. The molecule has 1 unspecified atom stereocenters. The molecule has 5 heteroatoms. The highest BCUT2D eigenvalue weighted by Gasteiger charge is 2.27. The van der Waals surface area contributed by atoms with Gasteiger partial charge in [0.2, 0.25) is 0 Å². The van der Waals surface area contributed by atoms with Crippen molar-refractivity contribution in [3.8, 4) is 23.0 Å². The molecule has 5 nitrogen and oxygen atoms in total. The number of benzene rings is 2. The van der Waals surface area contributed by atoms with Crippen molar-refractivity contribution in [2.75, 3.05) is 0 Å². The van der Waals surface area contributed by atoms with E-state index >= 15 is 0 Å². The predicted molar refractivity (Wildman–Crippen MR) is 97.4 cm³/mol. The van der Waals surface area contributed by atoms with Crippen molar-refractivity contribution < 1.29 is 24.5 Å². The van der Waals surface area contributed by atoms with Gasteiger partial charge in [-0.2, -0.15) is 0 Å². The van der Waals surface area contributed by atoms with E-state index in [4.69, 9.17) is 9.47 Å². The average Bonchev–Trinajstić information content (AvgIpc) is 2.59. The number of allylic oxidation sites excluding steroid dienone is 1. The van der Waals surface area contributed by atoms with Crippen LogP contribution in [-0.4, -0.2) is 22.1 Å². The molecule has 1 atom stereocenters. The fraction of sp³-hybridized carbons (Fsp3) is 0.190. The minimum absolute atomic E-state index is 0.129. The quantitative estimate of drug-likeness (QED) is 0.801. The Morgan fingerprint density at radius 2 is 1.92 bits per heavy atom. The summed E-state index contributed by atoms with van der Waals surface area (Å²) in [5.41, 5.74) is 1.69. The van der Waals surface area contributed by atoms with Gasteiger partial charge in [-0.3, -0.25) is 0 Å². The smallest absolute Gasteiger partial charge is 0.139 e. The lowest BCUT2D eigenvalue weighted by Crippen LogP contribution is -2.27. The van der Waals surface area contributed by atoms with Gasteiger partial charge in [0, 0.05) is 23.3 Å². The largest absolute Gasteiger partial charge is 0.508 e.